The molecule has 5 nitrogen and oxygen atoms in total. The average molecular weight is 392 g/mol. The Bertz CT molecular complexity index is 913. The van der Waals surface area contributed by atoms with Crippen LogP contribution in [0.2, 0.25) is 0 Å². The average Bonchev–Trinajstić information content (AvgIpc) is 3.22. The van der Waals surface area contributed by atoms with Crippen molar-refractivity contribution in [3.63, 3.8) is 0 Å². The highest BCUT2D eigenvalue weighted by Crippen LogP contribution is 2.30. The molecule has 0 radical (unpaired) electrons. The molecule has 140 valence electrons. The Labute approximate surface area is 159 Å². The van der Waals surface area contributed by atoms with E-state index in [-0.39, 0.29) is 0 Å². The molecule has 1 aromatic carbocycles. The zero-order chi connectivity index (χ0) is 18.3. The number of aryl methyl sites for hydroxylation is 2. The number of thiophene rings is 1. The van der Waals surface area contributed by atoms with E-state index >= 15 is 0 Å². The second-order valence-electron chi connectivity index (χ2n) is 7.09. The van der Waals surface area contributed by atoms with Crippen LogP contribution in [0.5, 0.6) is 0 Å². The van der Waals surface area contributed by atoms with Crippen LogP contribution >= 0.6 is 11.3 Å². The minimum atomic E-state index is -3.37. The largest absolute Gasteiger partial charge is 0.384 e. The van der Waals surface area contributed by atoms with Crippen LogP contribution in [0.3, 0.4) is 0 Å². The van der Waals surface area contributed by atoms with Gasteiger partial charge in [-0.05, 0) is 37.5 Å². The molecule has 0 atom stereocenters. The number of nitrogens with one attached hydrogen (secondary N) is 1. The Hall–Kier alpha value is -1.41. The van der Waals surface area contributed by atoms with Crippen LogP contribution < -0.4 is 5.32 Å². The molecule has 1 aromatic heterocycles. The summed E-state index contributed by atoms with van der Waals surface area (Å²) < 4.78 is 27.5. The minimum Gasteiger partial charge on any atom is -0.384 e. The first-order valence-electron chi connectivity index (χ1n) is 9.09. The predicted octanol–water partition coefficient (Wildman–Crippen LogP) is 2.84. The lowest BCUT2D eigenvalue weighted by Gasteiger charge is -2.34. The first-order chi connectivity index (χ1) is 12.4. The molecule has 2 aromatic rings. The summed E-state index contributed by atoms with van der Waals surface area (Å²) in [6, 6.07) is 8.30. The fraction of sp³-hybridized carbons (Fsp3) is 0.474. The van der Waals surface area contributed by atoms with Crippen LogP contribution in [-0.2, 0) is 23.0 Å². The molecule has 0 unspecified atom stereocenters. The molecule has 2 aliphatic heterocycles. The quantitative estimate of drug-likeness (QED) is 0.871. The summed E-state index contributed by atoms with van der Waals surface area (Å²) >= 11 is 1.55. The van der Waals surface area contributed by atoms with Crippen molar-refractivity contribution >= 4 is 27.0 Å². The summed E-state index contributed by atoms with van der Waals surface area (Å²) in [7, 11) is -3.37. The topological polar surface area (TPSA) is 52.7 Å². The third kappa shape index (κ3) is 3.29. The molecule has 1 fully saturated rings. The van der Waals surface area contributed by atoms with Gasteiger partial charge in [-0.3, -0.25) is 4.90 Å². The predicted molar refractivity (Wildman–Crippen MR) is 106 cm³/mol. The molecule has 1 saturated heterocycles. The maximum atomic E-state index is 12.9. The van der Waals surface area contributed by atoms with E-state index in [0.717, 1.165) is 42.4 Å². The molecule has 4 rings (SSSR count). The Morgan fingerprint density at radius 2 is 1.92 bits per heavy atom. The highest BCUT2D eigenvalue weighted by atomic mass is 32.2. The van der Waals surface area contributed by atoms with Crippen molar-refractivity contribution in [2.24, 2.45) is 0 Å². The van der Waals surface area contributed by atoms with E-state index in [9.17, 15) is 8.42 Å². The van der Waals surface area contributed by atoms with E-state index in [1.54, 1.807) is 21.7 Å². The van der Waals surface area contributed by atoms with Gasteiger partial charge in [0.05, 0.1) is 4.90 Å². The zero-order valence-electron chi connectivity index (χ0n) is 15.3. The van der Waals surface area contributed by atoms with Gasteiger partial charge < -0.3 is 5.32 Å². The van der Waals surface area contributed by atoms with E-state index in [2.05, 4.69) is 28.4 Å². The smallest absolute Gasteiger partial charge is 0.244 e. The van der Waals surface area contributed by atoms with Gasteiger partial charge in [0.15, 0.2) is 0 Å². The molecular weight excluding hydrogens is 366 g/mol. The number of para-hydroxylation sites is 1. The fourth-order valence-electron chi connectivity index (χ4n) is 3.91. The van der Waals surface area contributed by atoms with Crippen molar-refractivity contribution in [2.45, 2.75) is 31.7 Å². The van der Waals surface area contributed by atoms with E-state index in [1.165, 1.54) is 16.8 Å². The Morgan fingerprint density at radius 1 is 1.15 bits per heavy atom. The second kappa shape index (κ2) is 6.96. The lowest BCUT2D eigenvalue weighted by molar-refractivity contribution is 0.182. The number of rotatable bonds is 4. The molecule has 2 aliphatic rings. The van der Waals surface area contributed by atoms with Crippen molar-refractivity contribution < 1.29 is 8.42 Å². The number of fused-ring (bicyclic) bond motifs is 1. The molecule has 1 N–H and O–H groups in total. The maximum absolute atomic E-state index is 12.9. The molecule has 0 saturated carbocycles. The number of piperazine rings is 1. The van der Waals surface area contributed by atoms with Crippen LogP contribution in [0.4, 0.5) is 5.69 Å². The molecule has 0 aliphatic carbocycles. The molecule has 7 heteroatoms. The van der Waals surface area contributed by atoms with Gasteiger partial charge in [-0.25, -0.2) is 8.42 Å². The number of sulfonamides is 1. The van der Waals surface area contributed by atoms with Gasteiger partial charge in [0, 0.05) is 54.7 Å². The van der Waals surface area contributed by atoms with Crippen molar-refractivity contribution in [2.75, 3.05) is 38.0 Å². The van der Waals surface area contributed by atoms with Gasteiger partial charge in [0.25, 0.3) is 0 Å². The maximum Gasteiger partial charge on any atom is 0.244 e. The lowest BCUT2D eigenvalue weighted by atomic mass is 10.1. The van der Waals surface area contributed by atoms with Crippen molar-refractivity contribution in [1.82, 2.24) is 9.21 Å². The van der Waals surface area contributed by atoms with Crippen LogP contribution in [0.1, 0.15) is 20.9 Å². The summed E-state index contributed by atoms with van der Waals surface area (Å²) in [5, 5.41) is 3.49. The zero-order valence-corrected chi connectivity index (χ0v) is 16.9. The molecule has 0 amide bonds. The first-order valence-corrected chi connectivity index (χ1v) is 11.3. The summed E-state index contributed by atoms with van der Waals surface area (Å²) in [6.07, 6.45) is 1.09. The van der Waals surface area contributed by atoms with Gasteiger partial charge in [-0.15, -0.1) is 11.3 Å². The van der Waals surface area contributed by atoms with E-state index in [0.29, 0.717) is 18.0 Å². The van der Waals surface area contributed by atoms with Crippen LogP contribution in [0.15, 0.2) is 29.2 Å². The van der Waals surface area contributed by atoms with Gasteiger partial charge >= 0.3 is 0 Å². The molecular formula is C19H25N3O2S2. The van der Waals surface area contributed by atoms with Gasteiger partial charge in [-0.2, -0.15) is 4.31 Å². The highest BCUT2D eigenvalue weighted by Gasteiger charge is 2.30. The Kier molecular flexibility index (Phi) is 4.81. The Morgan fingerprint density at radius 3 is 2.62 bits per heavy atom. The number of nitrogens with zero attached hydrogens (tertiary/aromatic N) is 2. The number of benzene rings is 1. The standard InChI is InChI=1S/C19H25N3O2S2/c1-14-12-18(15(2)25-14)26(23,24)22-10-8-21(9-11-22)13-17-5-3-4-16-6-7-20-19(16)17/h3-5,12,20H,6-11,13H2,1-2H3. The first kappa shape index (κ1) is 18.0. The number of anilines is 1. The third-order valence-corrected chi connectivity index (χ3v) is 8.39. The summed E-state index contributed by atoms with van der Waals surface area (Å²) in [5.41, 5.74) is 4.00. The van der Waals surface area contributed by atoms with E-state index < -0.39 is 10.0 Å². The van der Waals surface area contributed by atoms with E-state index in [4.69, 9.17) is 0 Å². The summed E-state index contributed by atoms with van der Waals surface area (Å²) in [5.74, 6) is 0. The minimum absolute atomic E-state index is 0.485. The second-order valence-corrected chi connectivity index (χ2v) is 10.5. The highest BCUT2D eigenvalue weighted by molar-refractivity contribution is 7.89. The molecule has 0 spiro atoms. The van der Waals surface area contributed by atoms with Crippen molar-refractivity contribution in [1.29, 1.82) is 0 Å². The molecule has 0 bridgehead atoms. The van der Waals surface area contributed by atoms with Gasteiger partial charge in [0.1, 0.15) is 0 Å². The normalized spacial score (nSPS) is 18.7. The SMILES string of the molecule is Cc1cc(S(=O)(=O)N2CCN(Cc3cccc4c3NCC4)CC2)c(C)s1. The monoisotopic (exact) mass is 391 g/mol. The lowest BCUT2D eigenvalue weighted by Crippen LogP contribution is -2.48. The van der Waals surface area contributed by atoms with Crippen molar-refractivity contribution in [3.8, 4) is 0 Å². The fourth-order valence-corrected chi connectivity index (χ4v) is 6.86. The van der Waals surface area contributed by atoms with Crippen LogP contribution in [-0.4, -0.2) is 50.3 Å². The third-order valence-electron chi connectivity index (χ3n) is 5.27. The summed E-state index contributed by atoms with van der Waals surface area (Å²) in [4.78, 5) is 4.77. The summed E-state index contributed by atoms with van der Waals surface area (Å²) in [6.45, 7) is 8.39. The molecule has 3 heterocycles. The molecule has 26 heavy (non-hydrogen) atoms. The van der Waals surface area contributed by atoms with Crippen LogP contribution in [0.25, 0.3) is 0 Å². The van der Waals surface area contributed by atoms with Crippen LogP contribution in [0, 0.1) is 13.8 Å². The van der Waals surface area contributed by atoms with Crippen molar-refractivity contribution in [3.05, 3.63) is 45.1 Å². The number of hydrogen-bond donors (Lipinski definition) is 1. The number of hydrogen-bond acceptors (Lipinski definition) is 5. The Balaban J connectivity index is 1.43. The van der Waals surface area contributed by atoms with Gasteiger partial charge in [-0.1, -0.05) is 18.2 Å². The van der Waals surface area contributed by atoms with Gasteiger partial charge in [0.2, 0.25) is 10.0 Å². The van der Waals surface area contributed by atoms with E-state index in [1.807, 2.05) is 13.8 Å².